The Labute approximate surface area is 696 Å². The minimum Gasteiger partial charge on any atom is -0.391 e. The number of carbonyl (C=O) groups is 8. The maximum atomic E-state index is 14.5. The zero-order chi connectivity index (χ0) is 89.7. The van der Waals surface area contributed by atoms with E-state index in [-0.39, 0.29) is 78.9 Å². The fraction of sp³-hybridized carbons (Fsp3) is 0.476. The number of fused-ring (bicyclic) bond motifs is 4. The molecule has 8 N–H and O–H groups in total. The number of likely N-dealkylation sites (tertiary alicyclic amines) is 1. The van der Waals surface area contributed by atoms with Crippen molar-refractivity contribution in [2.24, 2.45) is 21.7 Å². The lowest BCUT2D eigenvalue weighted by molar-refractivity contribution is -0.135. The fourth-order valence-electron chi connectivity index (χ4n) is 14.5. The molecule has 4 aromatic heterocycles. The lowest BCUT2D eigenvalue weighted by Crippen LogP contribution is -2.55. The number of benzene rings is 4. The molecule has 1 aliphatic carbocycles. The van der Waals surface area contributed by atoms with Gasteiger partial charge in [-0.25, -0.2) is 63.1 Å². The van der Waals surface area contributed by atoms with E-state index in [1.807, 2.05) is 41.5 Å². The Hall–Kier alpha value is -11.4. The summed E-state index contributed by atoms with van der Waals surface area (Å²) in [5, 5.41) is 45.5. The van der Waals surface area contributed by atoms with Crippen LogP contribution in [0.25, 0.3) is 45.0 Å². The van der Waals surface area contributed by atoms with Crippen LogP contribution in [0.2, 0.25) is 0 Å². The third-order valence-electron chi connectivity index (χ3n) is 21.1. The van der Waals surface area contributed by atoms with Crippen LogP contribution in [-0.4, -0.2) is 181 Å². The van der Waals surface area contributed by atoms with Gasteiger partial charge in [-0.1, -0.05) is 83.1 Å². The number of ether oxygens (including phenoxy) is 3. The number of likely N-dealkylation sites (N-methyl/N-ethyl adjacent to an activating group) is 3. The molecule has 4 aliphatic heterocycles. The van der Waals surface area contributed by atoms with Gasteiger partial charge in [-0.05, 0) is 102 Å². The van der Waals surface area contributed by atoms with Gasteiger partial charge in [-0.15, -0.1) is 0 Å². The van der Waals surface area contributed by atoms with Gasteiger partial charge < -0.3 is 61.4 Å². The summed E-state index contributed by atoms with van der Waals surface area (Å²) in [5.41, 5.74) is 3.28. The van der Waals surface area contributed by atoms with E-state index in [4.69, 9.17) is 14.2 Å². The molecular formula is C84H100F10N16O12. The number of aliphatic hydroxyl groups is 1. The van der Waals surface area contributed by atoms with Crippen LogP contribution in [0, 0.1) is 79.8 Å². The van der Waals surface area contributed by atoms with Crippen LogP contribution in [0.1, 0.15) is 147 Å². The van der Waals surface area contributed by atoms with Gasteiger partial charge in [-0.2, -0.15) is 39.1 Å². The molecule has 38 heteroatoms. The average Bonchev–Trinajstić information content (AvgIpc) is 1.60. The quantitative estimate of drug-likeness (QED) is 0.0416. The standard InChI is InChI=1S/C23H27F3N4O4.C21H26F2N4O2.C20H23F3N4O3.C20H24F2N4O3/c1-23(2,3)20(21(32)29-6-4-12(31)10-29)27-22(33)30-18-5-7-34-11-14(18)19(28-30)13-8-16(25)17(26)9-15(13)24;1-21(2,3)18(19(28)24-4)25-20(29)27-16-8-6-5-7-13(16)17(26-27)12-9-10-14(22)15(23)11-12;1-20(2,3)17(18(28)24-4)25-19(29)27-15-5-6-30-9-11(15)16(26-27)10-7-13(22)14(23)8-12(10)21;1-20(2,3)17(18(27)23-4)24-19(28)26-15-7-8-29-10-12(15)16(25-26)11-5-6-13(21)14(22)9-11/h8-9,12,20,31H,4-7,10-11H2,1-3H3,(H,27,33);9-11,18H,5-8H2,1-4H3,(H,24,28)(H,25,29);7-8,17H,5-6,9H2,1-4H3,(H,24,28)(H,25,29);5-6,9,17H,7-8,10H2,1-4H3,(H,23,27)(H,24,28)/t12-,20+;18-;2*17-/m0111/s1. The van der Waals surface area contributed by atoms with E-state index < -0.39 is 134 Å². The van der Waals surface area contributed by atoms with Crippen molar-refractivity contribution in [3.63, 3.8) is 0 Å². The number of hydrogen-bond donors (Lipinski definition) is 8. The summed E-state index contributed by atoms with van der Waals surface area (Å²) >= 11 is 0. The number of rotatable bonds is 12. The molecule has 13 rings (SSSR count). The minimum atomic E-state index is -1.33. The topological polar surface area (TPSA) is 343 Å². The molecule has 0 spiro atoms. The van der Waals surface area contributed by atoms with Crippen LogP contribution >= 0.6 is 0 Å². The van der Waals surface area contributed by atoms with Crippen molar-refractivity contribution in [2.45, 2.75) is 185 Å². The van der Waals surface area contributed by atoms with Gasteiger partial charge in [0.05, 0.1) is 79.9 Å². The van der Waals surface area contributed by atoms with E-state index in [1.165, 1.54) is 47.5 Å². The minimum absolute atomic E-state index is 0.0106. The maximum absolute atomic E-state index is 14.5. The molecule has 5 atom stereocenters. The number of hydrogen-bond acceptors (Lipinski definition) is 16. The van der Waals surface area contributed by atoms with Gasteiger partial charge >= 0.3 is 24.1 Å². The summed E-state index contributed by atoms with van der Waals surface area (Å²) in [7, 11) is 4.48. The predicted molar refractivity (Wildman–Crippen MR) is 425 cm³/mol. The lowest BCUT2D eigenvalue weighted by Gasteiger charge is -2.33. The van der Waals surface area contributed by atoms with E-state index >= 15 is 0 Å². The molecule has 0 unspecified atom stereocenters. The molecule has 4 aromatic carbocycles. The molecule has 658 valence electrons. The fourth-order valence-corrected chi connectivity index (χ4v) is 14.5. The van der Waals surface area contributed by atoms with Crippen LogP contribution in [0.3, 0.4) is 0 Å². The molecule has 0 radical (unpaired) electrons. The van der Waals surface area contributed by atoms with E-state index in [0.29, 0.717) is 139 Å². The second-order valence-corrected chi connectivity index (χ2v) is 34.2. The van der Waals surface area contributed by atoms with Crippen LogP contribution in [0.15, 0.2) is 60.7 Å². The van der Waals surface area contributed by atoms with Crippen LogP contribution < -0.4 is 37.2 Å². The monoisotopic (exact) mass is 1710 g/mol. The van der Waals surface area contributed by atoms with Gasteiger partial charge in [0.25, 0.3) is 0 Å². The summed E-state index contributed by atoms with van der Waals surface area (Å²) in [5.74, 6) is -12.3. The highest BCUT2D eigenvalue weighted by Gasteiger charge is 2.42. The zero-order valence-electron chi connectivity index (χ0n) is 70.2. The third kappa shape index (κ3) is 20.9. The molecule has 8 heterocycles. The molecule has 5 aliphatic rings. The predicted octanol–water partition coefficient (Wildman–Crippen LogP) is 11.4. The van der Waals surface area contributed by atoms with Gasteiger partial charge in [0.2, 0.25) is 23.6 Å². The second kappa shape index (κ2) is 37.9. The van der Waals surface area contributed by atoms with Crippen molar-refractivity contribution in [1.29, 1.82) is 0 Å². The van der Waals surface area contributed by atoms with Crippen LogP contribution in [0.4, 0.5) is 63.1 Å². The number of nitrogens with one attached hydrogen (secondary N) is 7. The Balaban J connectivity index is 0.000000171. The smallest absolute Gasteiger partial charge is 0.343 e. The van der Waals surface area contributed by atoms with Crippen molar-refractivity contribution in [3.05, 3.63) is 164 Å². The number of halogens is 10. The second-order valence-electron chi connectivity index (χ2n) is 34.2. The Morgan fingerprint density at radius 1 is 0.385 bits per heavy atom. The van der Waals surface area contributed by atoms with E-state index in [1.54, 1.807) is 41.5 Å². The maximum Gasteiger partial charge on any atom is 0.343 e. The molecule has 8 amide bonds. The van der Waals surface area contributed by atoms with Crippen LogP contribution in [0.5, 0.6) is 0 Å². The molecule has 0 bridgehead atoms. The Morgan fingerprint density at radius 2 is 0.689 bits per heavy atom. The number of β-amino-alcohol motifs (C(OH)–C–C–N with tert-alkyl or cyclic N) is 1. The zero-order valence-corrected chi connectivity index (χ0v) is 70.2. The van der Waals surface area contributed by atoms with Gasteiger partial charge in [-0.3, -0.25) is 19.2 Å². The Morgan fingerprint density at radius 3 is 1.02 bits per heavy atom. The highest BCUT2D eigenvalue weighted by molar-refractivity contribution is 5.92. The number of nitrogens with zero attached hydrogens (tertiary/aromatic N) is 9. The van der Waals surface area contributed by atoms with Gasteiger partial charge in [0.15, 0.2) is 46.5 Å². The summed E-state index contributed by atoms with van der Waals surface area (Å²) in [6, 6.07) is 3.52. The first-order chi connectivity index (χ1) is 57.3. The Bertz CT molecular complexity index is 5150. The summed E-state index contributed by atoms with van der Waals surface area (Å²) < 4.78 is 158. The molecule has 1 saturated heterocycles. The van der Waals surface area contributed by atoms with Crippen LogP contribution in [-0.2, 0) is 85.3 Å². The largest absolute Gasteiger partial charge is 0.391 e. The molecule has 0 saturated carbocycles. The highest BCUT2D eigenvalue weighted by Crippen LogP contribution is 2.38. The molecular weight excluding hydrogens is 1620 g/mol. The van der Waals surface area contributed by atoms with E-state index in [2.05, 4.69) is 57.6 Å². The summed E-state index contributed by atoms with van der Waals surface area (Å²) in [6.45, 7) is 23.7. The van der Waals surface area contributed by atoms with Crippen molar-refractivity contribution in [3.8, 4) is 45.0 Å². The van der Waals surface area contributed by atoms with Crippen molar-refractivity contribution >= 4 is 47.8 Å². The average molecular weight is 1720 g/mol. The van der Waals surface area contributed by atoms with E-state index in [0.717, 1.165) is 57.7 Å². The molecule has 8 aromatic rings. The van der Waals surface area contributed by atoms with Gasteiger partial charge in [0.1, 0.15) is 47.2 Å². The number of carbonyl (C=O) groups excluding carboxylic acids is 8. The lowest BCUT2D eigenvalue weighted by atomic mass is 9.86. The Kier molecular flexibility index (Phi) is 28.9. The molecule has 122 heavy (non-hydrogen) atoms. The van der Waals surface area contributed by atoms with E-state index in [9.17, 15) is 87.4 Å². The molecule has 28 nitrogen and oxygen atoms in total. The van der Waals surface area contributed by atoms with Crippen molar-refractivity contribution in [2.75, 3.05) is 54.1 Å². The van der Waals surface area contributed by atoms with Gasteiger partial charge in [0, 0.05) is 110 Å². The first kappa shape index (κ1) is 92.9. The van der Waals surface area contributed by atoms with Crippen molar-refractivity contribution < 1.29 is 102 Å². The number of amides is 8. The first-order valence-electron chi connectivity index (χ1n) is 39.5. The molecule has 1 fully saturated rings. The SMILES string of the molecule is CC(C)(C)[C@H](NC(=O)n1nc(-c2cc(F)c(F)cc2F)c2c1CCOC2)C(=O)N1CC[C@H](O)C1.CNC(=O)[C@@H](NC(=O)n1nc(-c2cc(F)c(F)cc2F)c2c1CCOC2)C(C)(C)C.CNC(=O)[C@@H](NC(=O)n1nc(-c2ccc(F)c(F)c2)c2c1CCCC2)C(C)(C)C.CNC(=O)[C@@H](NC(=O)n1nc(-c2ccc(F)c(F)c2)c2c1CCOC2)C(C)(C)C. The first-order valence-corrected chi connectivity index (χ1v) is 39.5. The summed E-state index contributed by atoms with van der Waals surface area (Å²) in [6.07, 6.45) is 4.07. The number of aliphatic hydroxyl groups excluding tert-OH is 1. The normalized spacial score (nSPS) is 16.0. The van der Waals surface area contributed by atoms with Crippen molar-refractivity contribution in [1.82, 2.24) is 81.2 Å². The number of aromatic nitrogens is 8. The summed E-state index contributed by atoms with van der Waals surface area (Å²) in [4.78, 5) is 104. The highest BCUT2D eigenvalue weighted by atomic mass is 19.2. The third-order valence-corrected chi connectivity index (χ3v) is 21.1.